The van der Waals surface area contributed by atoms with Crippen LogP contribution < -0.4 is 4.74 Å². The predicted octanol–water partition coefficient (Wildman–Crippen LogP) is 3.06. The third-order valence-electron chi connectivity index (χ3n) is 2.76. The second-order valence-corrected chi connectivity index (χ2v) is 4.31. The van der Waals surface area contributed by atoms with Crippen molar-refractivity contribution in [3.05, 3.63) is 30.2 Å². The molecule has 1 aromatic heterocycles. The number of ether oxygens (including phenoxy) is 2. The number of nitrogens with zero attached hydrogens (tertiary/aromatic N) is 2. The van der Waals surface area contributed by atoms with Gasteiger partial charge in [-0.1, -0.05) is 12.1 Å². The van der Waals surface area contributed by atoms with Gasteiger partial charge in [-0.05, 0) is 37.6 Å². The zero-order valence-corrected chi connectivity index (χ0v) is 11.4. The van der Waals surface area contributed by atoms with E-state index in [1.54, 1.807) is 7.11 Å². The van der Waals surface area contributed by atoms with Crippen LogP contribution in [0.1, 0.15) is 26.2 Å². The minimum absolute atomic E-state index is 0.212. The van der Waals surface area contributed by atoms with Gasteiger partial charge in [-0.25, -0.2) is 0 Å². The first kappa shape index (κ1) is 13.5. The molecule has 19 heavy (non-hydrogen) atoms. The molecule has 0 N–H and O–H groups in total. The minimum atomic E-state index is 0.212. The minimum Gasteiger partial charge on any atom is -0.491 e. The second-order valence-electron chi connectivity index (χ2n) is 4.31. The molecule has 1 atom stereocenters. The van der Waals surface area contributed by atoms with Crippen LogP contribution in [0.15, 0.2) is 28.8 Å². The van der Waals surface area contributed by atoms with Gasteiger partial charge in [0.15, 0.2) is 0 Å². The summed E-state index contributed by atoms with van der Waals surface area (Å²) in [5.41, 5.74) is 0.891. The molecule has 0 aliphatic carbocycles. The number of hydrogen-bond acceptors (Lipinski definition) is 5. The molecule has 1 unspecified atom stereocenters. The predicted molar refractivity (Wildman–Crippen MR) is 70.8 cm³/mol. The van der Waals surface area contributed by atoms with Crippen LogP contribution in [0.25, 0.3) is 11.4 Å². The van der Waals surface area contributed by atoms with Gasteiger partial charge >= 0.3 is 0 Å². The highest BCUT2D eigenvalue weighted by molar-refractivity contribution is 5.55. The summed E-state index contributed by atoms with van der Waals surface area (Å²) in [5.74, 6) is 1.87. The quantitative estimate of drug-likeness (QED) is 0.800. The molecule has 5 nitrogen and oxygen atoms in total. The average Bonchev–Trinajstić information content (AvgIpc) is 2.88. The van der Waals surface area contributed by atoms with E-state index in [1.807, 2.05) is 31.2 Å². The van der Waals surface area contributed by atoms with Gasteiger partial charge in [-0.15, -0.1) is 0 Å². The molecule has 0 fully saturated rings. The molecule has 102 valence electrons. The van der Waals surface area contributed by atoms with Gasteiger partial charge in [0.2, 0.25) is 5.82 Å². The average molecular weight is 262 g/mol. The highest BCUT2D eigenvalue weighted by Crippen LogP contribution is 2.21. The van der Waals surface area contributed by atoms with Crippen LogP contribution in [-0.2, 0) is 11.3 Å². The van der Waals surface area contributed by atoms with Gasteiger partial charge in [0, 0.05) is 12.7 Å². The van der Waals surface area contributed by atoms with E-state index in [4.69, 9.17) is 14.0 Å². The summed E-state index contributed by atoms with van der Waals surface area (Å²) in [6.45, 7) is 4.46. The van der Waals surface area contributed by atoms with E-state index >= 15 is 0 Å². The number of benzene rings is 1. The van der Waals surface area contributed by atoms with Gasteiger partial charge in [0.25, 0.3) is 5.89 Å². The molecule has 0 saturated heterocycles. The maximum atomic E-state index is 5.71. The monoisotopic (exact) mass is 262 g/mol. The van der Waals surface area contributed by atoms with Crippen LogP contribution in [0.5, 0.6) is 5.75 Å². The van der Waals surface area contributed by atoms with Crippen LogP contribution in [0, 0.1) is 0 Å². The summed E-state index contributed by atoms with van der Waals surface area (Å²) < 4.78 is 15.7. The Morgan fingerprint density at radius 1 is 1.26 bits per heavy atom. The smallest absolute Gasteiger partial charge is 0.252 e. The van der Waals surface area contributed by atoms with Crippen LogP contribution in [0.2, 0.25) is 0 Å². The Balaban J connectivity index is 2.08. The highest BCUT2D eigenvalue weighted by Gasteiger charge is 2.08. The van der Waals surface area contributed by atoms with E-state index in [1.165, 1.54) is 0 Å². The fourth-order valence-corrected chi connectivity index (χ4v) is 1.55. The number of hydrogen-bond donors (Lipinski definition) is 0. The lowest BCUT2D eigenvalue weighted by molar-refractivity contribution is 0.151. The normalized spacial score (nSPS) is 12.4. The second kappa shape index (κ2) is 6.33. The first-order valence-electron chi connectivity index (χ1n) is 6.31. The molecule has 2 rings (SSSR count). The van der Waals surface area contributed by atoms with Crippen molar-refractivity contribution in [2.24, 2.45) is 0 Å². The van der Waals surface area contributed by atoms with Crippen molar-refractivity contribution < 1.29 is 14.0 Å². The van der Waals surface area contributed by atoms with E-state index in [-0.39, 0.29) is 6.10 Å². The molecule has 0 aliphatic heterocycles. The first-order valence-corrected chi connectivity index (χ1v) is 6.31. The number of methoxy groups -OCH3 is 1. The largest absolute Gasteiger partial charge is 0.491 e. The van der Waals surface area contributed by atoms with Crippen molar-refractivity contribution in [2.75, 3.05) is 7.11 Å². The van der Waals surface area contributed by atoms with E-state index in [2.05, 4.69) is 17.1 Å². The van der Waals surface area contributed by atoms with Crippen molar-refractivity contribution in [1.29, 1.82) is 0 Å². The Labute approximate surface area is 112 Å². The summed E-state index contributed by atoms with van der Waals surface area (Å²) in [7, 11) is 1.59. The van der Waals surface area contributed by atoms with Gasteiger partial charge in [0.1, 0.15) is 12.4 Å². The lowest BCUT2D eigenvalue weighted by atomic mass is 10.2. The molecular weight excluding hydrogens is 244 g/mol. The molecule has 0 radical (unpaired) electrons. The fraction of sp³-hybridized carbons (Fsp3) is 0.429. The Bertz CT molecular complexity index is 508. The molecule has 1 aromatic carbocycles. The lowest BCUT2D eigenvalue weighted by Gasteiger charge is -2.12. The van der Waals surface area contributed by atoms with Gasteiger partial charge < -0.3 is 14.0 Å². The van der Waals surface area contributed by atoms with Crippen LogP contribution in [0.4, 0.5) is 0 Å². The highest BCUT2D eigenvalue weighted by atomic mass is 16.5. The summed E-state index contributed by atoms with van der Waals surface area (Å²) in [6.07, 6.45) is 1.19. The Kier molecular flexibility index (Phi) is 4.52. The summed E-state index contributed by atoms with van der Waals surface area (Å²) in [5, 5.41) is 3.90. The van der Waals surface area contributed by atoms with Crippen molar-refractivity contribution in [3.8, 4) is 17.1 Å². The third-order valence-corrected chi connectivity index (χ3v) is 2.76. The van der Waals surface area contributed by atoms with Crippen molar-refractivity contribution in [3.63, 3.8) is 0 Å². The summed E-state index contributed by atoms with van der Waals surface area (Å²) >= 11 is 0. The first-order chi connectivity index (χ1) is 9.22. The maximum Gasteiger partial charge on any atom is 0.252 e. The number of rotatable bonds is 6. The van der Waals surface area contributed by atoms with Gasteiger partial charge in [-0.2, -0.15) is 4.98 Å². The fourth-order valence-electron chi connectivity index (χ4n) is 1.55. The zero-order chi connectivity index (χ0) is 13.7. The van der Waals surface area contributed by atoms with Crippen LogP contribution >= 0.6 is 0 Å². The van der Waals surface area contributed by atoms with Crippen molar-refractivity contribution in [2.45, 2.75) is 33.0 Å². The van der Waals surface area contributed by atoms with E-state index in [9.17, 15) is 0 Å². The van der Waals surface area contributed by atoms with Gasteiger partial charge in [-0.3, -0.25) is 0 Å². The van der Waals surface area contributed by atoms with E-state index < -0.39 is 0 Å². The Hall–Kier alpha value is -1.88. The Morgan fingerprint density at radius 2 is 2.00 bits per heavy atom. The SMILES string of the molecule is CCC(C)Oc1ccc(-c2noc(COC)n2)cc1. The lowest BCUT2D eigenvalue weighted by Crippen LogP contribution is -2.09. The van der Waals surface area contributed by atoms with Crippen molar-refractivity contribution in [1.82, 2.24) is 10.1 Å². The van der Waals surface area contributed by atoms with Crippen LogP contribution in [0.3, 0.4) is 0 Å². The molecule has 0 bridgehead atoms. The van der Waals surface area contributed by atoms with Gasteiger partial charge in [0.05, 0.1) is 6.10 Å². The summed E-state index contributed by atoms with van der Waals surface area (Å²) in [6, 6.07) is 7.65. The molecule has 1 heterocycles. The van der Waals surface area contributed by atoms with Crippen LogP contribution in [-0.4, -0.2) is 23.4 Å². The maximum absolute atomic E-state index is 5.71. The van der Waals surface area contributed by atoms with E-state index in [0.717, 1.165) is 17.7 Å². The summed E-state index contributed by atoms with van der Waals surface area (Å²) in [4.78, 5) is 4.23. The van der Waals surface area contributed by atoms with Crippen molar-refractivity contribution >= 4 is 0 Å². The molecule has 5 heteroatoms. The standard InChI is InChI=1S/C14H18N2O3/c1-4-10(2)18-12-7-5-11(6-8-12)14-15-13(9-17-3)19-16-14/h5-8,10H,4,9H2,1-3H3. The zero-order valence-electron chi connectivity index (χ0n) is 11.4. The Morgan fingerprint density at radius 3 is 2.63 bits per heavy atom. The molecule has 0 amide bonds. The molecule has 0 aliphatic rings. The molecule has 2 aromatic rings. The third kappa shape index (κ3) is 3.54. The molecule has 0 saturated carbocycles. The molecule has 0 spiro atoms. The van der Waals surface area contributed by atoms with E-state index in [0.29, 0.717) is 18.3 Å². The molecular formula is C14H18N2O3. The topological polar surface area (TPSA) is 57.4 Å². The number of aromatic nitrogens is 2.